The molecular weight excluding hydrogens is 374 g/mol. The molecule has 2 amide bonds. The number of carbonyl (C=O) groups excluding carboxylic acids is 3. The Labute approximate surface area is 145 Å². The van der Waals surface area contributed by atoms with Crippen LogP contribution in [0.4, 0.5) is 26.3 Å². The summed E-state index contributed by atoms with van der Waals surface area (Å²) in [4.78, 5) is 33.4. The number of halogens is 6. The normalized spacial score (nSPS) is 14.3. The quantitative estimate of drug-likeness (QED) is 0.357. The maximum Gasteiger partial charge on any atom is 0.471 e. The van der Waals surface area contributed by atoms with E-state index >= 15 is 0 Å². The van der Waals surface area contributed by atoms with Crippen LogP contribution in [0, 0.1) is 0 Å². The predicted molar refractivity (Wildman–Crippen MR) is 76.7 cm³/mol. The Kier molecular flexibility index (Phi) is 9.43. The van der Waals surface area contributed by atoms with Crippen molar-refractivity contribution >= 4 is 17.8 Å². The Morgan fingerprint density at radius 3 is 1.96 bits per heavy atom. The molecule has 0 aliphatic rings. The van der Waals surface area contributed by atoms with Gasteiger partial charge in [0.25, 0.3) is 0 Å². The van der Waals surface area contributed by atoms with Crippen LogP contribution in [0.1, 0.15) is 39.5 Å². The van der Waals surface area contributed by atoms with Crippen molar-refractivity contribution < 1.29 is 45.5 Å². The Morgan fingerprint density at radius 1 is 0.962 bits per heavy atom. The van der Waals surface area contributed by atoms with Crippen LogP contribution in [-0.2, 0) is 19.1 Å². The molecule has 0 fully saturated rings. The molecule has 0 heterocycles. The maximum atomic E-state index is 12.3. The van der Waals surface area contributed by atoms with Crippen molar-refractivity contribution in [3.8, 4) is 0 Å². The van der Waals surface area contributed by atoms with E-state index in [-0.39, 0.29) is 19.3 Å². The van der Waals surface area contributed by atoms with Gasteiger partial charge in [0.15, 0.2) is 0 Å². The van der Waals surface area contributed by atoms with E-state index in [9.17, 15) is 40.7 Å². The second kappa shape index (κ2) is 10.2. The first-order chi connectivity index (χ1) is 11.8. The van der Waals surface area contributed by atoms with Gasteiger partial charge in [-0.25, -0.2) is 4.79 Å². The fourth-order valence-electron chi connectivity index (χ4n) is 1.63. The molecule has 0 aliphatic heterocycles. The first-order valence-electron chi connectivity index (χ1n) is 7.72. The standard InChI is InChI=1S/C14H20F6N2O4/c1-3-8(2)26-10(23)9(22-12(25)14(18,19)20)6-4-5-7-21-11(24)13(15,16)17/h8-9H,3-7H2,1-2H3,(H,21,24)(H,22,25)/t8?,9-/m0/s1. The Balaban J connectivity index is 4.60. The number of alkyl halides is 6. The number of hydrogen-bond acceptors (Lipinski definition) is 4. The third-order valence-electron chi connectivity index (χ3n) is 3.20. The molecular formula is C14H20F6N2O4. The molecule has 0 aromatic carbocycles. The monoisotopic (exact) mass is 394 g/mol. The summed E-state index contributed by atoms with van der Waals surface area (Å²) in [6.45, 7) is 2.79. The summed E-state index contributed by atoms with van der Waals surface area (Å²) >= 11 is 0. The number of rotatable bonds is 9. The van der Waals surface area contributed by atoms with Gasteiger partial charge in [-0.1, -0.05) is 6.92 Å². The van der Waals surface area contributed by atoms with E-state index in [0.29, 0.717) is 6.42 Å². The van der Waals surface area contributed by atoms with Gasteiger partial charge >= 0.3 is 30.1 Å². The molecule has 2 atom stereocenters. The Hall–Kier alpha value is -2.01. The molecule has 0 spiro atoms. The highest BCUT2D eigenvalue weighted by Crippen LogP contribution is 2.16. The average molecular weight is 394 g/mol. The highest BCUT2D eigenvalue weighted by atomic mass is 19.4. The van der Waals surface area contributed by atoms with Crippen molar-refractivity contribution in [1.82, 2.24) is 10.6 Å². The first-order valence-corrected chi connectivity index (χ1v) is 7.72. The van der Waals surface area contributed by atoms with E-state index in [1.165, 1.54) is 12.2 Å². The van der Waals surface area contributed by atoms with Gasteiger partial charge in [-0.05, 0) is 32.6 Å². The molecule has 12 heteroatoms. The summed E-state index contributed by atoms with van der Waals surface area (Å²) in [7, 11) is 0. The van der Waals surface area contributed by atoms with Crippen molar-refractivity contribution in [3.63, 3.8) is 0 Å². The third-order valence-corrected chi connectivity index (χ3v) is 3.20. The van der Waals surface area contributed by atoms with Crippen LogP contribution >= 0.6 is 0 Å². The van der Waals surface area contributed by atoms with Gasteiger partial charge in [-0.15, -0.1) is 0 Å². The SMILES string of the molecule is CCC(C)OC(=O)[C@H](CCCCNC(=O)C(F)(F)F)NC(=O)C(F)(F)F. The molecule has 152 valence electrons. The topological polar surface area (TPSA) is 84.5 Å². The fraction of sp³-hybridized carbons (Fsp3) is 0.786. The maximum absolute atomic E-state index is 12.3. The molecule has 6 nitrogen and oxygen atoms in total. The Bertz CT molecular complexity index is 493. The number of esters is 1. The largest absolute Gasteiger partial charge is 0.471 e. The zero-order valence-electron chi connectivity index (χ0n) is 14.1. The van der Waals surface area contributed by atoms with Crippen molar-refractivity contribution in [2.45, 2.75) is 64.0 Å². The van der Waals surface area contributed by atoms with E-state index in [4.69, 9.17) is 4.74 Å². The second-order valence-electron chi connectivity index (χ2n) is 5.43. The fourth-order valence-corrected chi connectivity index (χ4v) is 1.63. The van der Waals surface area contributed by atoms with Gasteiger partial charge in [-0.2, -0.15) is 26.3 Å². The van der Waals surface area contributed by atoms with Gasteiger partial charge < -0.3 is 15.4 Å². The molecule has 0 aromatic rings. The Morgan fingerprint density at radius 2 is 1.50 bits per heavy atom. The molecule has 0 saturated carbocycles. The number of ether oxygens (including phenoxy) is 1. The van der Waals surface area contributed by atoms with E-state index in [2.05, 4.69) is 0 Å². The van der Waals surface area contributed by atoms with Gasteiger partial charge in [0, 0.05) is 6.54 Å². The third kappa shape index (κ3) is 9.47. The van der Waals surface area contributed by atoms with Gasteiger partial charge in [0.05, 0.1) is 6.10 Å². The molecule has 0 rings (SSSR count). The van der Waals surface area contributed by atoms with Crippen molar-refractivity contribution in [2.24, 2.45) is 0 Å². The number of amides is 2. The summed E-state index contributed by atoms with van der Waals surface area (Å²) in [5, 5.41) is 3.09. The minimum absolute atomic E-state index is 0.0312. The number of nitrogens with one attached hydrogen (secondary N) is 2. The highest BCUT2D eigenvalue weighted by Gasteiger charge is 2.41. The average Bonchev–Trinajstić information content (AvgIpc) is 2.50. The van der Waals surface area contributed by atoms with Gasteiger partial charge in [-0.3, -0.25) is 9.59 Å². The summed E-state index contributed by atoms with van der Waals surface area (Å²) in [6, 6.07) is -1.60. The van der Waals surface area contributed by atoms with Crippen LogP contribution in [0.5, 0.6) is 0 Å². The lowest BCUT2D eigenvalue weighted by Crippen LogP contribution is -2.48. The highest BCUT2D eigenvalue weighted by molar-refractivity contribution is 5.87. The van der Waals surface area contributed by atoms with E-state index in [0.717, 1.165) is 0 Å². The molecule has 0 radical (unpaired) electrons. The zero-order valence-corrected chi connectivity index (χ0v) is 14.1. The smallest absolute Gasteiger partial charge is 0.461 e. The molecule has 26 heavy (non-hydrogen) atoms. The number of carbonyl (C=O) groups is 3. The minimum atomic E-state index is -5.20. The van der Waals surface area contributed by atoms with Crippen LogP contribution in [0.25, 0.3) is 0 Å². The van der Waals surface area contributed by atoms with Crippen LogP contribution in [0.2, 0.25) is 0 Å². The molecule has 1 unspecified atom stereocenters. The van der Waals surface area contributed by atoms with Crippen LogP contribution < -0.4 is 10.6 Å². The van der Waals surface area contributed by atoms with Crippen molar-refractivity contribution in [1.29, 1.82) is 0 Å². The lowest BCUT2D eigenvalue weighted by molar-refractivity contribution is -0.176. The summed E-state index contributed by atoms with van der Waals surface area (Å²) in [6.07, 6.45) is -10.8. The predicted octanol–water partition coefficient (Wildman–Crippen LogP) is 2.22. The lowest BCUT2D eigenvalue weighted by Gasteiger charge is -2.20. The van der Waals surface area contributed by atoms with E-state index in [1.807, 2.05) is 0 Å². The van der Waals surface area contributed by atoms with Crippen LogP contribution in [0.15, 0.2) is 0 Å². The van der Waals surface area contributed by atoms with Crippen LogP contribution in [0.3, 0.4) is 0 Å². The van der Waals surface area contributed by atoms with Crippen molar-refractivity contribution in [2.75, 3.05) is 6.54 Å². The number of hydrogen-bond donors (Lipinski definition) is 2. The van der Waals surface area contributed by atoms with E-state index in [1.54, 1.807) is 12.2 Å². The van der Waals surface area contributed by atoms with Gasteiger partial charge in [0.1, 0.15) is 6.04 Å². The minimum Gasteiger partial charge on any atom is -0.461 e. The zero-order chi connectivity index (χ0) is 20.5. The van der Waals surface area contributed by atoms with E-state index < -0.39 is 48.8 Å². The first kappa shape index (κ1) is 24.0. The summed E-state index contributed by atoms with van der Waals surface area (Å²) in [5.74, 6) is -5.54. The molecule has 0 aliphatic carbocycles. The molecule has 2 N–H and O–H groups in total. The summed E-state index contributed by atoms with van der Waals surface area (Å²) in [5.41, 5.74) is 0. The molecule has 0 saturated heterocycles. The van der Waals surface area contributed by atoms with Crippen molar-refractivity contribution in [3.05, 3.63) is 0 Å². The second-order valence-corrected chi connectivity index (χ2v) is 5.43. The van der Waals surface area contributed by atoms with Gasteiger partial charge in [0.2, 0.25) is 0 Å². The molecule has 0 aromatic heterocycles. The van der Waals surface area contributed by atoms with Crippen LogP contribution in [-0.4, -0.2) is 48.8 Å². The molecule has 0 bridgehead atoms. The lowest BCUT2D eigenvalue weighted by atomic mass is 10.1. The number of unbranched alkanes of at least 4 members (excludes halogenated alkanes) is 1. The summed E-state index contributed by atoms with van der Waals surface area (Å²) < 4.78 is 77.8.